The molecule has 0 amide bonds. The Balaban J connectivity index is 1.73. The van der Waals surface area contributed by atoms with Gasteiger partial charge in [-0.2, -0.15) is 4.39 Å². The standard InChI is InChI=1S/C24H28F2O/c1-3-5-17-6-8-18(9-7-17)19-10-12-20(13-11-19)21-14-15-22(27-16-4-2)24(26)23(21)25/h4,10-18H,3,5-9H2,1-2H3/b16-4-. The molecule has 2 aromatic carbocycles. The molecule has 0 bridgehead atoms. The average Bonchev–Trinajstić information content (AvgIpc) is 2.70. The SMILES string of the molecule is C/C=C\Oc1ccc(-c2ccc(C3CCC(CCC)CC3)cc2)c(F)c1F. The summed E-state index contributed by atoms with van der Waals surface area (Å²) in [7, 11) is 0. The summed E-state index contributed by atoms with van der Waals surface area (Å²) in [4.78, 5) is 0. The van der Waals surface area contributed by atoms with Crippen LogP contribution in [-0.4, -0.2) is 0 Å². The van der Waals surface area contributed by atoms with Crippen molar-refractivity contribution < 1.29 is 13.5 Å². The summed E-state index contributed by atoms with van der Waals surface area (Å²) < 4.78 is 33.8. The maximum atomic E-state index is 14.5. The van der Waals surface area contributed by atoms with E-state index in [1.807, 2.05) is 12.1 Å². The molecule has 1 nitrogen and oxygen atoms in total. The molecule has 0 spiro atoms. The van der Waals surface area contributed by atoms with Gasteiger partial charge in [-0.05, 0) is 67.7 Å². The summed E-state index contributed by atoms with van der Waals surface area (Å²) in [5.74, 6) is -0.459. The Bertz CT molecular complexity index is 772. The molecule has 1 fully saturated rings. The van der Waals surface area contributed by atoms with Crippen LogP contribution in [0.3, 0.4) is 0 Å². The van der Waals surface area contributed by atoms with Crippen LogP contribution >= 0.6 is 0 Å². The van der Waals surface area contributed by atoms with E-state index >= 15 is 0 Å². The van der Waals surface area contributed by atoms with Crippen molar-refractivity contribution in [1.29, 1.82) is 0 Å². The van der Waals surface area contributed by atoms with Gasteiger partial charge in [-0.15, -0.1) is 0 Å². The second-order valence-electron chi connectivity index (χ2n) is 7.45. The second kappa shape index (κ2) is 9.16. The fraction of sp³-hybridized carbons (Fsp3) is 0.417. The highest BCUT2D eigenvalue weighted by Crippen LogP contribution is 2.38. The summed E-state index contributed by atoms with van der Waals surface area (Å²) in [5.41, 5.74) is 2.26. The predicted octanol–water partition coefficient (Wildman–Crippen LogP) is 7.62. The molecule has 0 N–H and O–H groups in total. The summed E-state index contributed by atoms with van der Waals surface area (Å²) in [6, 6.07) is 11.0. The maximum absolute atomic E-state index is 14.5. The van der Waals surface area contributed by atoms with Crippen LogP contribution in [0.2, 0.25) is 0 Å². The molecular weight excluding hydrogens is 342 g/mol. The normalized spacial score (nSPS) is 20.1. The minimum atomic E-state index is -0.955. The van der Waals surface area contributed by atoms with Crippen LogP contribution in [0.5, 0.6) is 5.75 Å². The van der Waals surface area contributed by atoms with Gasteiger partial charge in [0.25, 0.3) is 0 Å². The summed E-state index contributed by atoms with van der Waals surface area (Å²) >= 11 is 0. The van der Waals surface area contributed by atoms with Gasteiger partial charge in [0, 0.05) is 5.56 Å². The van der Waals surface area contributed by atoms with E-state index < -0.39 is 11.6 Å². The van der Waals surface area contributed by atoms with Gasteiger partial charge in [0.2, 0.25) is 5.82 Å². The monoisotopic (exact) mass is 370 g/mol. The first-order chi connectivity index (χ1) is 13.1. The lowest BCUT2D eigenvalue weighted by Crippen LogP contribution is -2.13. The van der Waals surface area contributed by atoms with Crippen molar-refractivity contribution in [2.24, 2.45) is 5.92 Å². The third kappa shape index (κ3) is 4.58. The van der Waals surface area contributed by atoms with Gasteiger partial charge in [0.05, 0.1) is 6.26 Å². The maximum Gasteiger partial charge on any atom is 0.201 e. The van der Waals surface area contributed by atoms with Crippen molar-refractivity contribution in [1.82, 2.24) is 0 Å². The highest BCUT2D eigenvalue weighted by Gasteiger charge is 2.22. The molecule has 144 valence electrons. The Hall–Kier alpha value is -2.16. The van der Waals surface area contributed by atoms with Crippen molar-refractivity contribution in [3.05, 3.63) is 65.9 Å². The molecule has 0 aromatic heterocycles. The van der Waals surface area contributed by atoms with E-state index in [1.54, 1.807) is 19.1 Å². The summed E-state index contributed by atoms with van der Waals surface area (Å²) in [6.07, 6.45) is 10.6. The van der Waals surface area contributed by atoms with Gasteiger partial charge in [0.15, 0.2) is 11.6 Å². The Morgan fingerprint density at radius 1 is 0.963 bits per heavy atom. The molecule has 0 aliphatic heterocycles. The molecule has 27 heavy (non-hydrogen) atoms. The van der Waals surface area contributed by atoms with Crippen molar-refractivity contribution in [2.75, 3.05) is 0 Å². The van der Waals surface area contributed by atoms with Crippen molar-refractivity contribution in [3.8, 4) is 16.9 Å². The first-order valence-corrected chi connectivity index (χ1v) is 10.00. The molecule has 1 aliphatic carbocycles. The largest absolute Gasteiger partial charge is 0.462 e. The van der Waals surface area contributed by atoms with E-state index in [-0.39, 0.29) is 11.3 Å². The van der Waals surface area contributed by atoms with Crippen molar-refractivity contribution >= 4 is 0 Å². The Morgan fingerprint density at radius 2 is 1.67 bits per heavy atom. The van der Waals surface area contributed by atoms with E-state index in [1.165, 1.54) is 56.4 Å². The molecule has 3 rings (SSSR count). The Morgan fingerprint density at radius 3 is 2.30 bits per heavy atom. The van der Waals surface area contributed by atoms with E-state index in [9.17, 15) is 8.78 Å². The van der Waals surface area contributed by atoms with Crippen LogP contribution in [0.15, 0.2) is 48.7 Å². The lowest BCUT2D eigenvalue weighted by Gasteiger charge is -2.28. The van der Waals surface area contributed by atoms with E-state index in [2.05, 4.69) is 19.1 Å². The second-order valence-corrected chi connectivity index (χ2v) is 7.45. The zero-order chi connectivity index (χ0) is 19.2. The van der Waals surface area contributed by atoms with Crippen LogP contribution in [0, 0.1) is 17.6 Å². The lowest BCUT2D eigenvalue weighted by molar-refractivity contribution is 0.308. The minimum absolute atomic E-state index is 0.102. The van der Waals surface area contributed by atoms with Crippen LogP contribution in [-0.2, 0) is 0 Å². The molecule has 0 heterocycles. The molecule has 0 unspecified atom stereocenters. The third-order valence-electron chi connectivity index (χ3n) is 5.61. The molecule has 1 saturated carbocycles. The van der Waals surface area contributed by atoms with Gasteiger partial charge < -0.3 is 4.74 Å². The number of halogens is 2. The van der Waals surface area contributed by atoms with Gasteiger partial charge in [-0.25, -0.2) is 4.39 Å². The van der Waals surface area contributed by atoms with Crippen LogP contribution < -0.4 is 4.74 Å². The van der Waals surface area contributed by atoms with Gasteiger partial charge in [0.1, 0.15) is 0 Å². The zero-order valence-corrected chi connectivity index (χ0v) is 16.2. The molecule has 3 heteroatoms. The lowest BCUT2D eigenvalue weighted by atomic mass is 9.77. The molecule has 1 aliphatic rings. The van der Waals surface area contributed by atoms with E-state index in [0.717, 1.165) is 5.92 Å². The minimum Gasteiger partial charge on any atom is -0.462 e. The van der Waals surface area contributed by atoms with Crippen LogP contribution in [0.25, 0.3) is 11.1 Å². The van der Waals surface area contributed by atoms with Crippen molar-refractivity contribution in [3.63, 3.8) is 0 Å². The fourth-order valence-electron chi connectivity index (χ4n) is 4.11. The topological polar surface area (TPSA) is 9.23 Å². The van der Waals surface area contributed by atoms with E-state index in [0.29, 0.717) is 11.5 Å². The first-order valence-electron chi connectivity index (χ1n) is 10.00. The molecule has 0 saturated heterocycles. The van der Waals surface area contributed by atoms with Crippen LogP contribution in [0.1, 0.15) is 63.9 Å². The van der Waals surface area contributed by atoms with E-state index in [4.69, 9.17) is 4.74 Å². The molecular formula is C24H28F2O. The average molecular weight is 370 g/mol. The number of allylic oxidation sites excluding steroid dienone is 1. The highest BCUT2D eigenvalue weighted by atomic mass is 19.2. The van der Waals surface area contributed by atoms with Crippen molar-refractivity contribution in [2.45, 2.75) is 58.3 Å². The number of hydrogen-bond donors (Lipinski definition) is 0. The zero-order valence-electron chi connectivity index (χ0n) is 16.2. The summed E-state index contributed by atoms with van der Waals surface area (Å²) in [5, 5.41) is 0. The number of hydrogen-bond acceptors (Lipinski definition) is 1. The summed E-state index contributed by atoms with van der Waals surface area (Å²) in [6.45, 7) is 4.01. The highest BCUT2D eigenvalue weighted by molar-refractivity contribution is 5.65. The third-order valence-corrected chi connectivity index (χ3v) is 5.61. The Kier molecular flexibility index (Phi) is 6.65. The Labute approximate surface area is 161 Å². The number of benzene rings is 2. The molecule has 0 atom stereocenters. The first kappa shape index (κ1) is 19.6. The number of ether oxygens (including phenoxy) is 1. The fourth-order valence-corrected chi connectivity index (χ4v) is 4.11. The van der Waals surface area contributed by atoms with Crippen LogP contribution in [0.4, 0.5) is 8.78 Å². The molecule has 2 aromatic rings. The smallest absolute Gasteiger partial charge is 0.201 e. The van der Waals surface area contributed by atoms with Gasteiger partial charge in [-0.3, -0.25) is 0 Å². The quantitative estimate of drug-likeness (QED) is 0.475. The van der Waals surface area contributed by atoms with Gasteiger partial charge >= 0.3 is 0 Å². The number of rotatable bonds is 6. The predicted molar refractivity (Wildman–Crippen MR) is 107 cm³/mol. The molecule has 0 radical (unpaired) electrons. The van der Waals surface area contributed by atoms with Gasteiger partial charge in [-0.1, -0.05) is 50.1 Å².